The van der Waals surface area contributed by atoms with Crippen LogP contribution in [0, 0.1) is 5.92 Å². The minimum atomic E-state index is -4.92. The molecule has 0 bridgehead atoms. The van der Waals surface area contributed by atoms with Crippen molar-refractivity contribution in [2.45, 2.75) is 76.7 Å². The number of anilines is 1. The second-order valence-corrected chi connectivity index (χ2v) is 13.9. The molecule has 0 spiro atoms. The molecule has 3 heterocycles. The topological polar surface area (TPSA) is 238 Å². The van der Waals surface area contributed by atoms with Gasteiger partial charge in [0.15, 0.2) is 29.2 Å². The number of fused-ring (bicyclic) bond motifs is 1. The van der Waals surface area contributed by atoms with Crippen molar-refractivity contribution in [2.75, 3.05) is 18.9 Å². The summed E-state index contributed by atoms with van der Waals surface area (Å²) in [4.78, 5) is 42.1. The van der Waals surface area contributed by atoms with E-state index in [0.29, 0.717) is 29.9 Å². The highest BCUT2D eigenvalue weighted by molar-refractivity contribution is 7.80. The molecule has 0 radical (unpaired) electrons. The highest BCUT2D eigenvalue weighted by atomic mass is 32.3. The van der Waals surface area contributed by atoms with Crippen molar-refractivity contribution in [1.29, 1.82) is 0 Å². The fourth-order valence-corrected chi connectivity index (χ4v) is 6.72. The van der Waals surface area contributed by atoms with Gasteiger partial charge in [0.05, 0.1) is 17.5 Å². The molecular weight excluding hydrogens is 640 g/mol. The normalized spacial score (nSPS) is 23.2. The molecule has 16 nitrogen and oxygen atoms in total. The third kappa shape index (κ3) is 7.75. The van der Waals surface area contributed by atoms with Crippen LogP contribution in [0.1, 0.15) is 62.8 Å². The maximum absolute atomic E-state index is 13.3. The van der Waals surface area contributed by atoms with Crippen LogP contribution < -0.4 is 21.9 Å². The lowest BCUT2D eigenvalue weighted by Gasteiger charge is -2.50. The summed E-state index contributed by atoms with van der Waals surface area (Å²) >= 11 is 1.10. The van der Waals surface area contributed by atoms with E-state index in [-0.39, 0.29) is 48.3 Å². The zero-order valence-corrected chi connectivity index (χ0v) is 27.1. The number of nitrogen functional groups attached to an aromatic ring is 1. The van der Waals surface area contributed by atoms with E-state index < -0.39 is 33.5 Å². The number of rotatable bonds is 12. The van der Waals surface area contributed by atoms with Gasteiger partial charge in [-0.1, -0.05) is 11.2 Å². The fourth-order valence-electron chi connectivity index (χ4n) is 5.72. The molecule has 18 heteroatoms. The lowest BCUT2D eigenvalue weighted by atomic mass is 9.74. The number of aromatic nitrogens is 1. The number of carbonyl (C=O) groups excluding carboxylic acids is 2. The van der Waals surface area contributed by atoms with Crippen molar-refractivity contribution in [2.24, 2.45) is 27.5 Å². The minimum Gasteiger partial charge on any atom is -0.490 e. The second kappa shape index (κ2) is 13.5. The number of carbonyl (C=O) groups is 2. The Balaban J connectivity index is 1.15. The van der Waals surface area contributed by atoms with E-state index in [1.807, 2.05) is 23.1 Å². The molecule has 1 saturated carbocycles. The molecule has 7 N–H and O–H groups in total. The largest absolute Gasteiger partial charge is 0.490 e. The van der Waals surface area contributed by atoms with Gasteiger partial charge in [-0.3, -0.25) is 14.1 Å². The summed E-state index contributed by atoms with van der Waals surface area (Å²) in [6.07, 6.45) is 3.48. The van der Waals surface area contributed by atoms with E-state index in [0.717, 1.165) is 48.1 Å². The van der Waals surface area contributed by atoms with E-state index in [2.05, 4.69) is 14.4 Å². The van der Waals surface area contributed by atoms with Gasteiger partial charge in [0, 0.05) is 30.9 Å². The molecule has 2 fully saturated rings. The van der Waals surface area contributed by atoms with Gasteiger partial charge in [0.2, 0.25) is 0 Å². The van der Waals surface area contributed by atoms with Crippen LogP contribution in [0.15, 0.2) is 33.7 Å². The number of oxime groups is 1. The number of aliphatic imine (C=N–C) groups is 1. The second-order valence-electron chi connectivity index (χ2n) is 12.0. The van der Waals surface area contributed by atoms with E-state index in [1.54, 1.807) is 0 Å². The van der Waals surface area contributed by atoms with Crippen LogP contribution in [0.2, 0.25) is 0 Å². The first-order chi connectivity index (χ1) is 21.7. The van der Waals surface area contributed by atoms with E-state index in [4.69, 9.17) is 36.3 Å². The smallest absolute Gasteiger partial charge is 0.418 e. The number of guanidine groups is 1. The average Bonchev–Trinajstić information content (AvgIpc) is 3.63. The van der Waals surface area contributed by atoms with Crippen LogP contribution in [-0.4, -0.2) is 82.1 Å². The summed E-state index contributed by atoms with van der Waals surface area (Å²) in [6.45, 7) is 4.40. The highest BCUT2D eigenvalue weighted by Crippen LogP contribution is 2.40. The number of ketones is 1. The summed E-state index contributed by atoms with van der Waals surface area (Å²) in [5, 5.41) is 6.23. The summed E-state index contributed by atoms with van der Waals surface area (Å²) in [5.41, 5.74) is 19.1. The number of benzene rings is 1. The summed E-state index contributed by atoms with van der Waals surface area (Å²) in [7, 11) is -4.92. The van der Waals surface area contributed by atoms with Crippen LogP contribution in [0.4, 0.5) is 5.13 Å². The summed E-state index contributed by atoms with van der Waals surface area (Å²) in [6, 6.07) is 6.27. The van der Waals surface area contributed by atoms with Crippen molar-refractivity contribution in [3.05, 3.63) is 40.4 Å². The third-order valence-corrected chi connectivity index (χ3v) is 9.35. The maximum atomic E-state index is 13.3. The molecule has 1 saturated heterocycles. The SMILES string of the molecule is CC1(C)[C@H](CC(=O)/C(=N\OCCOc2ccc3c(c2)CN(C(N)=NC2CCC(N)CC2)C3)c2csc(N)n2)C(=O)N1OS(=O)(=O)O. The maximum Gasteiger partial charge on any atom is 0.418 e. The Bertz CT molecular complexity index is 1640. The number of ether oxygens (including phenoxy) is 1. The van der Waals surface area contributed by atoms with Gasteiger partial charge in [0.25, 0.3) is 5.91 Å². The van der Waals surface area contributed by atoms with E-state index in [1.165, 1.54) is 19.2 Å². The van der Waals surface area contributed by atoms with Crippen molar-refractivity contribution in [3.8, 4) is 5.75 Å². The van der Waals surface area contributed by atoms with Crippen molar-refractivity contribution < 1.29 is 36.4 Å². The van der Waals surface area contributed by atoms with Crippen molar-refractivity contribution >= 4 is 50.2 Å². The molecule has 250 valence electrons. The van der Waals surface area contributed by atoms with Gasteiger partial charge in [0.1, 0.15) is 18.1 Å². The Morgan fingerprint density at radius 2 is 1.89 bits per heavy atom. The Labute approximate surface area is 270 Å². The van der Waals surface area contributed by atoms with Gasteiger partial charge in [-0.25, -0.2) is 9.98 Å². The third-order valence-electron chi connectivity index (χ3n) is 8.34. The Morgan fingerprint density at radius 3 is 2.54 bits per heavy atom. The Kier molecular flexibility index (Phi) is 9.83. The quantitative estimate of drug-likeness (QED) is 0.0620. The molecule has 3 aliphatic rings. The molecule has 1 atom stereocenters. The number of hydroxylamine groups is 2. The predicted molar refractivity (Wildman–Crippen MR) is 169 cm³/mol. The van der Waals surface area contributed by atoms with Crippen LogP contribution in [0.25, 0.3) is 0 Å². The van der Waals surface area contributed by atoms with Crippen molar-refractivity contribution in [3.63, 3.8) is 0 Å². The predicted octanol–water partition coefficient (Wildman–Crippen LogP) is 1.36. The molecule has 2 aliphatic heterocycles. The minimum absolute atomic E-state index is 0.00586. The molecule has 1 aromatic carbocycles. The van der Waals surface area contributed by atoms with Gasteiger partial charge in [-0.2, -0.15) is 13.5 Å². The Morgan fingerprint density at radius 1 is 1.17 bits per heavy atom. The molecule has 0 unspecified atom stereocenters. The Hall–Kier alpha value is -3.84. The standard InChI is InChI=1S/C28H38N8O8S2/c1-28(2)21(25(38)36(28)44-46(39,40)41)12-23(37)24(22-15-45-27(31)33-22)34-43-10-9-42-20-8-3-16-13-35(14-17(16)11-20)26(30)32-19-6-4-18(29)5-7-19/h3,8,11,15,18-19,21H,4-7,9-10,12-14,29H2,1-2H3,(H2,30,32)(H2,31,33)(H,39,40,41)/b34-24-/t18?,19?,21-/m1/s1. The first-order valence-corrected chi connectivity index (χ1v) is 17.0. The molecule has 5 rings (SSSR count). The number of hydrogen-bond donors (Lipinski definition) is 4. The zero-order chi connectivity index (χ0) is 33.2. The lowest BCUT2D eigenvalue weighted by Crippen LogP contribution is -2.68. The monoisotopic (exact) mass is 678 g/mol. The number of hydrogen-bond acceptors (Lipinski definition) is 13. The average molecular weight is 679 g/mol. The van der Waals surface area contributed by atoms with E-state index in [9.17, 15) is 18.0 Å². The zero-order valence-electron chi connectivity index (χ0n) is 25.5. The summed E-state index contributed by atoms with van der Waals surface area (Å²) in [5.74, 6) is -1.15. The molecule has 1 amide bonds. The van der Waals surface area contributed by atoms with Gasteiger partial charge < -0.3 is 31.7 Å². The fraction of sp³-hybridized carbons (Fsp3) is 0.536. The van der Waals surface area contributed by atoms with E-state index >= 15 is 0 Å². The number of nitrogens with two attached hydrogens (primary N) is 3. The highest BCUT2D eigenvalue weighted by Gasteiger charge is 2.57. The van der Waals surface area contributed by atoms with Crippen molar-refractivity contribution in [1.82, 2.24) is 14.9 Å². The lowest BCUT2D eigenvalue weighted by molar-refractivity contribution is -0.228. The number of thiazole rings is 1. The van der Waals surface area contributed by atoms with Crippen LogP contribution in [0.5, 0.6) is 5.75 Å². The van der Waals surface area contributed by atoms with Crippen LogP contribution in [0.3, 0.4) is 0 Å². The number of Topliss-reactive ketones (excluding diaryl/α,β-unsaturated/α-hetero) is 1. The summed E-state index contributed by atoms with van der Waals surface area (Å²) < 4.78 is 41.4. The van der Waals surface area contributed by atoms with Gasteiger partial charge in [-0.05, 0) is 62.8 Å². The number of amides is 1. The van der Waals surface area contributed by atoms with Gasteiger partial charge >= 0.3 is 10.4 Å². The number of nitrogens with zero attached hydrogens (tertiary/aromatic N) is 5. The number of β-lactam (4-membered cyclic amide) rings is 1. The molecule has 1 aliphatic carbocycles. The first-order valence-electron chi connectivity index (χ1n) is 14.7. The molecular formula is C28H38N8O8S2. The van der Waals surface area contributed by atoms with Gasteiger partial charge in [-0.15, -0.1) is 15.6 Å². The molecule has 2 aromatic rings. The molecule has 1 aromatic heterocycles. The molecule has 46 heavy (non-hydrogen) atoms. The van der Waals surface area contributed by atoms with Crippen LogP contribution in [-0.2, 0) is 42.2 Å². The first kappa shape index (κ1) is 33.5. The van der Waals surface area contributed by atoms with Crippen LogP contribution >= 0.6 is 11.3 Å².